The molecular weight excluding hydrogens is 334 g/mol. The highest BCUT2D eigenvalue weighted by molar-refractivity contribution is 5.83. The number of nitrogens with one attached hydrogen (secondary N) is 1. The average Bonchev–Trinajstić information content (AvgIpc) is 3.23. The van der Waals surface area contributed by atoms with Crippen molar-refractivity contribution in [2.75, 3.05) is 39.3 Å². The Morgan fingerprint density at radius 1 is 1.04 bits per heavy atom. The molecule has 0 bridgehead atoms. The maximum atomic E-state index is 13.2. The molecule has 1 N–H and O–H groups in total. The number of hydrogen-bond acceptors (Lipinski definition) is 3. The maximum Gasteiger partial charge on any atom is 0.226 e. The molecule has 1 aromatic rings. The van der Waals surface area contributed by atoms with Gasteiger partial charge in [-0.05, 0) is 69.1 Å². The van der Waals surface area contributed by atoms with Gasteiger partial charge in [-0.3, -0.25) is 9.69 Å². The Hall–Kier alpha value is -1.39. The SMILES string of the molecule is O=C(C1CC12CCNCC2)N1CCC2(CCCN(Cc3ccccc3)C2)C1. The lowest BCUT2D eigenvalue weighted by Crippen LogP contribution is -2.45. The zero-order valence-electron chi connectivity index (χ0n) is 16.5. The van der Waals surface area contributed by atoms with E-state index >= 15 is 0 Å². The lowest BCUT2D eigenvalue weighted by Gasteiger charge is -2.40. The lowest BCUT2D eigenvalue weighted by molar-refractivity contribution is -0.133. The third-order valence-electron chi connectivity index (χ3n) is 7.83. The molecule has 4 fully saturated rings. The van der Waals surface area contributed by atoms with Gasteiger partial charge in [-0.2, -0.15) is 0 Å². The zero-order chi connectivity index (χ0) is 18.3. The number of likely N-dealkylation sites (tertiary alicyclic amines) is 2. The molecule has 1 saturated carbocycles. The van der Waals surface area contributed by atoms with Crippen molar-refractivity contribution in [3.05, 3.63) is 35.9 Å². The lowest BCUT2D eigenvalue weighted by atomic mass is 9.79. The normalized spacial score (nSPS) is 32.9. The molecule has 1 aliphatic carbocycles. The van der Waals surface area contributed by atoms with E-state index in [0.717, 1.165) is 45.7 Å². The van der Waals surface area contributed by atoms with E-state index in [9.17, 15) is 4.79 Å². The quantitative estimate of drug-likeness (QED) is 0.892. The van der Waals surface area contributed by atoms with Gasteiger partial charge >= 0.3 is 0 Å². The van der Waals surface area contributed by atoms with Crippen molar-refractivity contribution in [3.63, 3.8) is 0 Å². The van der Waals surface area contributed by atoms with Crippen LogP contribution in [0.15, 0.2) is 30.3 Å². The molecule has 4 heteroatoms. The second kappa shape index (κ2) is 6.89. The molecule has 2 spiro atoms. The summed E-state index contributed by atoms with van der Waals surface area (Å²) in [5, 5.41) is 3.45. The van der Waals surface area contributed by atoms with Gasteiger partial charge in [-0.1, -0.05) is 30.3 Å². The summed E-state index contributed by atoms with van der Waals surface area (Å²) >= 11 is 0. The molecule has 0 aromatic heterocycles. The van der Waals surface area contributed by atoms with Gasteiger partial charge in [0.25, 0.3) is 0 Å². The Balaban J connectivity index is 1.20. The summed E-state index contributed by atoms with van der Waals surface area (Å²) in [6.07, 6.45) is 7.32. The molecule has 3 saturated heterocycles. The van der Waals surface area contributed by atoms with Crippen LogP contribution in [0.4, 0.5) is 0 Å². The minimum absolute atomic E-state index is 0.332. The van der Waals surface area contributed by atoms with Gasteiger partial charge in [0.05, 0.1) is 0 Å². The topological polar surface area (TPSA) is 35.6 Å². The summed E-state index contributed by atoms with van der Waals surface area (Å²) < 4.78 is 0. The number of nitrogens with zero attached hydrogens (tertiary/aromatic N) is 2. The van der Waals surface area contributed by atoms with E-state index in [-0.39, 0.29) is 0 Å². The molecule has 4 aliphatic rings. The van der Waals surface area contributed by atoms with Crippen LogP contribution in [0.3, 0.4) is 0 Å². The van der Waals surface area contributed by atoms with E-state index in [1.54, 1.807) is 0 Å². The first-order valence-corrected chi connectivity index (χ1v) is 10.9. The van der Waals surface area contributed by atoms with Crippen molar-refractivity contribution in [1.82, 2.24) is 15.1 Å². The predicted molar refractivity (Wildman–Crippen MR) is 107 cm³/mol. The van der Waals surface area contributed by atoms with Crippen LogP contribution in [-0.2, 0) is 11.3 Å². The van der Waals surface area contributed by atoms with Crippen molar-refractivity contribution in [2.24, 2.45) is 16.7 Å². The van der Waals surface area contributed by atoms with Crippen LogP contribution in [0.25, 0.3) is 0 Å². The van der Waals surface area contributed by atoms with E-state index in [1.807, 2.05) is 0 Å². The Labute approximate surface area is 163 Å². The van der Waals surface area contributed by atoms with Crippen molar-refractivity contribution in [3.8, 4) is 0 Å². The second-order valence-electron chi connectivity index (χ2n) is 9.68. The third kappa shape index (κ3) is 3.42. The predicted octanol–water partition coefficient (Wildman–Crippen LogP) is 2.89. The molecule has 2 atom stereocenters. The Morgan fingerprint density at radius 3 is 2.67 bits per heavy atom. The summed E-state index contributed by atoms with van der Waals surface area (Å²) in [7, 11) is 0. The summed E-state index contributed by atoms with van der Waals surface area (Å²) in [5.41, 5.74) is 2.12. The summed E-state index contributed by atoms with van der Waals surface area (Å²) in [5.74, 6) is 0.813. The number of hydrogen-bond donors (Lipinski definition) is 1. The number of amides is 1. The maximum absolute atomic E-state index is 13.2. The van der Waals surface area contributed by atoms with Crippen molar-refractivity contribution in [2.45, 2.75) is 45.1 Å². The highest BCUT2D eigenvalue weighted by atomic mass is 16.2. The van der Waals surface area contributed by atoms with E-state index < -0.39 is 0 Å². The van der Waals surface area contributed by atoms with Crippen LogP contribution >= 0.6 is 0 Å². The summed E-state index contributed by atoms with van der Waals surface area (Å²) in [6, 6.07) is 10.8. The van der Waals surface area contributed by atoms with E-state index in [1.165, 1.54) is 44.2 Å². The fourth-order valence-corrected chi connectivity index (χ4v) is 6.14. The van der Waals surface area contributed by atoms with Gasteiger partial charge in [0.2, 0.25) is 5.91 Å². The van der Waals surface area contributed by atoms with Gasteiger partial charge in [0, 0.05) is 37.5 Å². The molecule has 5 rings (SSSR count). The molecular formula is C23H33N3O. The van der Waals surface area contributed by atoms with Crippen LogP contribution in [-0.4, -0.2) is 55.0 Å². The molecule has 27 heavy (non-hydrogen) atoms. The first-order chi connectivity index (χ1) is 13.2. The highest BCUT2D eigenvalue weighted by Crippen LogP contribution is 2.59. The van der Waals surface area contributed by atoms with Crippen LogP contribution in [0.5, 0.6) is 0 Å². The third-order valence-corrected chi connectivity index (χ3v) is 7.83. The van der Waals surface area contributed by atoms with Crippen LogP contribution in [0.2, 0.25) is 0 Å². The first-order valence-electron chi connectivity index (χ1n) is 10.9. The van der Waals surface area contributed by atoms with Gasteiger partial charge in [0.15, 0.2) is 0 Å². The summed E-state index contributed by atoms with van der Waals surface area (Å²) in [6.45, 7) is 7.60. The van der Waals surface area contributed by atoms with Crippen molar-refractivity contribution < 1.29 is 4.79 Å². The molecule has 0 radical (unpaired) electrons. The fraction of sp³-hybridized carbons (Fsp3) is 0.696. The van der Waals surface area contributed by atoms with E-state index in [0.29, 0.717) is 22.7 Å². The standard InChI is InChI=1S/C23H33N3O/c27-21(20-15-23(20)8-11-24-12-9-23)26-14-10-22(18-26)7-4-13-25(17-22)16-19-5-2-1-3-6-19/h1-3,5-6,20,24H,4,7-18H2. The minimum atomic E-state index is 0.332. The Bertz CT molecular complexity index is 684. The second-order valence-corrected chi connectivity index (χ2v) is 9.68. The van der Waals surface area contributed by atoms with Gasteiger partial charge in [-0.15, -0.1) is 0 Å². The average molecular weight is 368 g/mol. The van der Waals surface area contributed by atoms with Crippen molar-refractivity contribution in [1.29, 1.82) is 0 Å². The smallest absolute Gasteiger partial charge is 0.226 e. The number of carbonyl (C=O) groups excluding carboxylic acids is 1. The fourth-order valence-electron chi connectivity index (χ4n) is 6.14. The molecule has 3 aliphatic heterocycles. The minimum Gasteiger partial charge on any atom is -0.342 e. The summed E-state index contributed by atoms with van der Waals surface area (Å²) in [4.78, 5) is 18.0. The number of rotatable bonds is 3. The van der Waals surface area contributed by atoms with Crippen LogP contribution < -0.4 is 5.32 Å². The van der Waals surface area contributed by atoms with Gasteiger partial charge < -0.3 is 10.2 Å². The van der Waals surface area contributed by atoms with Crippen LogP contribution in [0, 0.1) is 16.7 Å². The monoisotopic (exact) mass is 367 g/mol. The number of piperidine rings is 2. The Morgan fingerprint density at radius 2 is 1.85 bits per heavy atom. The molecule has 4 nitrogen and oxygen atoms in total. The van der Waals surface area contributed by atoms with E-state index in [4.69, 9.17) is 0 Å². The largest absolute Gasteiger partial charge is 0.342 e. The molecule has 1 amide bonds. The van der Waals surface area contributed by atoms with Crippen LogP contribution in [0.1, 0.15) is 44.1 Å². The number of carbonyl (C=O) groups is 1. The first kappa shape index (κ1) is 17.7. The Kier molecular flexibility index (Phi) is 4.52. The van der Waals surface area contributed by atoms with Gasteiger partial charge in [-0.25, -0.2) is 0 Å². The van der Waals surface area contributed by atoms with Gasteiger partial charge in [0.1, 0.15) is 0 Å². The molecule has 2 unspecified atom stereocenters. The zero-order valence-corrected chi connectivity index (χ0v) is 16.5. The molecule has 1 aromatic carbocycles. The molecule has 146 valence electrons. The van der Waals surface area contributed by atoms with Crippen molar-refractivity contribution >= 4 is 5.91 Å². The number of benzene rings is 1. The highest BCUT2D eigenvalue weighted by Gasteiger charge is 2.59. The van der Waals surface area contributed by atoms with E-state index in [2.05, 4.69) is 45.4 Å². The molecule has 3 heterocycles.